The van der Waals surface area contributed by atoms with Crippen LogP contribution in [0.2, 0.25) is 0 Å². The van der Waals surface area contributed by atoms with Gasteiger partial charge in [-0.2, -0.15) is 0 Å². The van der Waals surface area contributed by atoms with Crippen molar-refractivity contribution in [3.63, 3.8) is 0 Å². The molecule has 3 nitrogen and oxygen atoms in total. The molecular formula is C9H15NO2. The molecule has 0 unspecified atom stereocenters. The van der Waals surface area contributed by atoms with Gasteiger partial charge in [0.15, 0.2) is 0 Å². The summed E-state index contributed by atoms with van der Waals surface area (Å²) in [5.74, 6) is 0. The first-order chi connectivity index (χ1) is 5.93. The number of aromatic nitrogens is 1. The molecule has 0 radical (unpaired) electrons. The van der Waals surface area contributed by atoms with E-state index >= 15 is 0 Å². The Bertz CT molecular complexity index is 184. The van der Waals surface area contributed by atoms with Gasteiger partial charge in [0.2, 0.25) is 0 Å². The quantitative estimate of drug-likeness (QED) is 0.596. The zero-order valence-corrected chi connectivity index (χ0v) is 7.40. The van der Waals surface area contributed by atoms with E-state index in [2.05, 4.69) is 4.57 Å². The molecule has 0 aromatic carbocycles. The Balaban J connectivity index is 1.96. The summed E-state index contributed by atoms with van der Waals surface area (Å²) in [5, 5.41) is 0. The topological polar surface area (TPSA) is 23.4 Å². The highest BCUT2D eigenvalue weighted by molar-refractivity contribution is 4.89. The van der Waals surface area contributed by atoms with E-state index in [0.717, 1.165) is 13.2 Å². The Hall–Kier alpha value is -0.800. The van der Waals surface area contributed by atoms with Crippen molar-refractivity contribution >= 4 is 0 Å². The van der Waals surface area contributed by atoms with Gasteiger partial charge in [0.05, 0.1) is 19.8 Å². The van der Waals surface area contributed by atoms with Crippen LogP contribution < -0.4 is 0 Å². The van der Waals surface area contributed by atoms with Crippen molar-refractivity contribution in [3.8, 4) is 0 Å². The zero-order valence-electron chi connectivity index (χ0n) is 7.40. The van der Waals surface area contributed by atoms with Crippen LogP contribution in [0.25, 0.3) is 0 Å². The van der Waals surface area contributed by atoms with E-state index in [9.17, 15) is 0 Å². The summed E-state index contributed by atoms with van der Waals surface area (Å²) in [6, 6.07) is 4.02. The van der Waals surface area contributed by atoms with Crippen LogP contribution in [0.4, 0.5) is 0 Å². The lowest BCUT2D eigenvalue weighted by atomic mass is 10.6. The van der Waals surface area contributed by atoms with Crippen LogP contribution in [0, 0.1) is 0 Å². The predicted octanol–water partition coefficient (Wildman–Crippen LogP) is 1.15. The first kappa shape index (κ1) is 9.29. The fourth-order valence-corrected chi connectivity index (χ4v) is 0.934. The average Bonchev–Trinajstić information content (AvgIpc) is 2.57. The smallest absolute Gasteiger partial charge is 0.0701 e. The Kier molecular flexibility index (Phi) is 4.49. The Labute approximate surface area is 72.9 Å². The van der Waals surface area contributed by atoms with E-state index in [1.54, 1.807) is 7.11 Å². The summed E-state index contributed by atoms with van der Waals surface area (Å²) in [4.78, 5) is 0. The number of ether oxygens (including phenoxy) is 2. The molecule has 1 rings (SSSR count). The second-order valence-corrected chi connectivity index (χ2v) is 2.53. The van der Waals surface area contributed by atoms with Gasteiger partial charge in [-0.15, -0.1) is 0 Å². The van der Waals surface area contributed by atoms with E-state index in [1.165, 1.54) is 0 Å². The lowest BCUT2D eigenvalue weighted by Crippen LogP contribution is -2.07. The molecule has 0 saturated heterocycles. The first-order valence-corrected chi connectivity index (χ1v) is 4.11. The molecule has 1 heterocycles. The number of hydrogen-bond acceptors (Lipinski definition) is 2. The minimum absolute atomic E-state index is 0.672. The highest BCUT2D eigenvalue weighted by Gasteiger charge is 1.89. The molecule has 1 aromatic rings. The molecule has 0 fully saturated rings. The van der Waals surface area contributed by atoms with Gasteiger partial charge < -0.3 is 14.0 Å². The van der Waals surface area contributed by atoms with Crippen LogP contribution in [0.3, 0.4) is 0 Å². The molecule has 0 bridgehead atoms. The van der Waals surface area contributed by atoms with E-state index in [4.69, 9.17) is 9.47 Å². The van der Waals surface area contributed by atoms with Gasteiger partial charge in [-0.05, 0) is 12.1 Å². The highest BCUT2D eigenvalue weighted by atomic mass is 16.5. The van der Waals surface area contributed by atoms with Gasteiger partial charge in [-0.25, -0.2) is 0 Å². The second kappa shape index (κ2) is 5.80. The Morgan fingerprint density at radius 3 is 2.50 bits per heavy atom. The molecule has 0 saturated carbocycles. The molecule has 0 aliphatic rings. The molecule has 3 heteroatoms. The SMILES string of the molecule is COCCOCCn1cccc1. The van der Waals surface area contributed by atoms with Gasteiger partial charge in [-0.1, -0.05) is 0 Å². The van der Waals surface area contributed by atoms with Crippen LogP contribution in [0.1, 0.15) is 0 Å². The minimum Gasteiger partial charge on any atom is -0.382 e. The second-order valence-electron chi connectivity index (χ2n) is 2.53. The summed E-state index contributed by atoms with van der Waals surface area (Å²) in [7, 11) is 1.68. The maximum Gasteiger partial charge on any atom is 0.0701 e. The summed E-state index contributed by atoms with van der Waals surface area (Å²) in [5.41, 5.74) is 0. The average molecular weight is 169 g/mol. The first-order valence-electron chi connectivity index (χ1n) is 4.11. The van der Waals surface area contributed by atoms with Crippen LogP contribution in [0.15, 0.2) is 24.5 Å². The van der Waals surface area contributed by atoms with Gasteiger partial charge in [0, 0.05) is 26.0 Å². The standard InChI is InChI=1S/C9H15NO2/c1-11-8-9-12-7-6-10-4-2-3-5-10/h2-5H,6-9H2,1H3. The summed E-state index contributed by atoms with van der Waals surface area (Å²) in [6.45, 7) is 3.01. The molecule has 0 spiro atoms. The van der Waals surface area contributed by atoms with Gasteiger partial charge in [0.1, 0.15) is 0 Å². The molecule has 12 heavy (non-hydrogen) atoms. The Morgan fingerprint density at radius 1 is 1.08 bits per heavy atom. The van der Waals surface area contributed by atoms with Crippen molar-refractivity contribution in [3.05, 3.63) is 24.5 Å². The number of nitrogens with zero attached hydrogens (tertiary/aromatic N) is 1. The van der Waals surface area contributed by atoms with Gasteiger partial charge in [-0.3, -0.25) is 0 Å². The monoisotopic (exact) mass is 169 g/mol. The third-order valence-electron chi connectivity index (χ3n) is 1.59. The van der Waals surface area contributed by atoms with Gasteiger partial charge >= 0.3 is 0 Å². The summed E-state index contributed by atoms with van der Waals surface area (Å²) in [6.07, 6.45) is 4.05. The van der Waals surface area contributed by atoms with Crippen molar-refractivity contribution in [1.82, 2.24) is 4.57 Å². The number of rotatable bonds is 6. The minimum atomic E-state index is 0.672. The number of hydrogen-bond donors (Lipinski definition) is 0. The fourth-order valence-electron chi connectivity index (χ4n) is 0.934. The molecular weight excluding hydrogens is 154 g/mol. The van der Waals surface area contributed by atoms with Crippen LogP contribution in [-0.2, 0) is 16.0 Å². The summed E-state index contributed by atoms with van der Waals surface area (Å²) < 4.78 is 12.2. The maximum absolute atomic E-state index is 5.30. The molecule has 0 amide bonds. The van der Waals surface area contributed by atoms with Crippen molar-refractivity contribution in [2.45, 2.75) is 6.54 Å². The van der Waals surface area contributed by atoms with E-state index in [-0.39, 0.29) is 0 Å². The molecule has 0 N–H and O–H groups in total. The Morgan fingerprint density at radius 2 is 1.83 bits per heavy atom. The summed E-state index contributed by atoms with van der Waals surface area (Å²) >= 11 is 0. The van der Waals surface area contributed by atoms with Crippen LogP contribution in [0.5, 0.6) is 0 Å². The third kappa shape index (κ3) is 3.55. The van der Waals surface area contributed by atoms with Crippen molar-refractivity contribution in [2.75, 3.05) is 26.9 Å². The van der Waals surface area contributed by atoms with Crippen LogP contribution in [-0.4, -0.2) is 31.5 Å². The lowest BCUT2D eigenvalue weighted by Gasteiger charge is -2.03. The van der Waals surface area contributed by atoms with Crippen molar-refractivity contribution in [1.29, 1.82) is 0 Å². The van der Waals surface area contributed by atoms with Gasteiger partial charge in [0.25, 0.3) is 0 Å². The fraction of sp³-hybridized carbons (Fsp3) is 0.556. The largest absolute Gasteiger partial charge is 0.382 e. The van der Waals surface area contributed by atoms with Crippen molar-refractivity contribution < 1.29 is 9.47 Å². The third-order valence-corrected chi connectivity index (χ3v) is 1.59. The number of methoxy groups -OCH3 is 1. The molecule has 0 aliphatic carbocycles. The maximum atomic E-state index is 5.30. The van der Waals surface area contributed by atoms with E-state index in [1.807, 2.05) is 24.5 Å². The molecule has 0 atom stereocenters. The normalized spacial score (nSPS) is 10.4. The zero-order chi connectivity index (χ0) is 8.65. The lowest BCUT2D eigenvalue weighted by molar-refractivity contribution is 0.0666. The van der Waals surface area contributed by atoms with Crippen molar-refractivity contribution in [2.24, 2.45) is 0 Å². The highest BCUT2D eigenvalue weighted by Crippen LogP contribution is 1.89. The van der Waals surface area contributed by atoms with Crippen LogP contribution >= 0.6 is 0 Å². The van der Waals surface area contributed by atoms with E-state index in [0.29, 0.717) is 13.2 Å². The van der Waals surface area contributed by atoms with E-state index < -0.39 is 0 Å². The molecule has 0 aliphatic heterocycles. The molecule has 1 aromatic heterocycles. The predicted molar refractivity (Wildman–Crippen MR) is 47.1 cm³/mol. The molecule has 68 valence electrons.